The zero-order valence-corrected chi connectivity index (χ0v) is 13.5. The summed E-state index contributed by atoms with van der Waals surface area (Å²) in [6, 6.07) is 0. The van der Waals surface area contributed by atoms with E-state index < -0.39 is 0 Å². The quantitative estimate of drug-likeness (QED) is 0.745. The molecule has 2 N–H and O–H groups in total. The van der Waals surface area contributed by atoms with Crippen LogP contribution in [0.1, 0.15) is 45.3 Å². The number of carbonyl (C=O) groups is 1. The number of halogens is 1. The van der Waals surface area contributed by atoms with Gasteiger partial charge in [-0.1, -0.05) is 25.9 Å². The van der Waals surface area contributed by atoms with E-state index in [0.717, 1.165) is 13.0 Å². The van der Waals surface area contributed by atoms with Gasteiger partial charge in [0, 0.05) is 31.3 Å². The highest BCUT2D eigenvalue weighted by molar-refractivity contribution is 5.85. The molecule has 1 aromatic rings. The van der Waals surface area contributed by atoms with Crippen molar-refractivity contribution in [2.45, 2.75) is 45.4 Å². The van der Waals surface area contributed by atoms with Crippen LogP contribution in [0.15, 0.2) is 4.52 Å². The Labute approximate surface area is 126 Å². The van der Waals surface area contributed by atoms with Gasteiger partial charge >= 0.3 is 0 Å². The molecule has 20 heavy (non-hydrogen) atoms. The van der Waals surface area contributed by atoms with Crippen molar-refractivity contribution in [1.29, 1.82) is 0 Å². The van der Waals surface area contributed by atoms with Gasteiger partial charge in [-0.2, -0.15) is 4.98 Å². The van der Waals surface area contributed by atoms with Gasteiger partial charge in [0.05, 0.1) is 0 Å². The minimum absolute atomic E-state index is 0. The molecule has 6 nitrogen and oxygen atoms in total. The summed E-state index contributed by atoms with van der Waals surface area (Å²) >= 11 is 0. The summed E-state index contributed by atoms with van der Waals surface area (Å²) < 4.78 is 5.17. The molecule has 116 valence electrons. The molecule has 0 aliphatic rings. The predicted octanol–water partition coefficient (Wildman–Crippen LogP) is 1.45. The Morgan fingerprint density at radius 3 is 2.55 bits per heavy atom. The number of nitrogens with one attached hydrogen (secondary N) is 2. The Morgan fingerprint density at radius 1 is 1.30 bits per heavy atom. The minimum atomic E-state index is -0.105. The molecule has 0 atom stereocenters. The van der Waals surface area contributed by atoms with Crippen molar-refractivity contribution >= 4 is 18.3 Å². The number of amides is 1. The fourth-order valence-corrected chi connectivity index (χ4v) is 1.48. The maximum atomic E-state index is 11.5. The van der Waals surface area contributed by atoms with Crippen LogP contribution >= 0.6 is 12.4 Å². The molecule has 0 spiro atoms. The lowest BCUT2D eigenvalue weighted by atomic mass is 9.96. The van der Waals surface area contributed by atoms with E-state index in [1.165, 1.54) is 0 Å². The molecule has 0 saturated heterocycles. The largest absolute Gasteiger partial charge is 0.355 e. The normalized spacial score (nSPS) is 11.0. The van der Waals surface area contributed by atoms with Crippen LogP contribution in [0.25, 0.3) is 0 Å². The maximum absolute atomic E-state index is 11.5. The van der Waals surface area contributed by atoms with Gasteiger partial charge in [-0.05, 0) is 13.5 Å². The number of carbonyl (C=O) groups excluding carboxylic acids is 1. The fraction of sp³-hybridized carbons (Fsp3) is 0.769. The molecule has 0 radical (unpaired) electrons. The summed E-state index contributed by atoms with van der Waals surface area (Å²) in [5, 5.41) is 9.76. The lowest BCUT2D eigenvalue weighted by Crippen LogP contribution is -2.30. The summed E-state index contributed by atoms with van der Waals surface area (Å²) in [7, 11) is 1.86. The number of nitrogens with zero attached hydrogens (tertiary/aromatic N) is 2. The van der Waals surface area contributed by atoms with Crippen LogP contribution in [0, 0.1) is 0 Å². The van der Waals surface area contributed by atoms with E-state index in [9.17, 15) is 4.79 Å². The summed E-state index contributed by atoms with van der Waals surface area (Å²) in [5.74, 6) is 1.37. The third kappa shape index (κ3) is 6.86. The molecule has 0 aromatic carbocycles. The van der Waals surface area contributed by atoms with Crippen LogP contribution in [0.3, 0.4) is 0 Å². The number of hydrogen-bond acceptors (Lipinski definition) is 5. The van der Waals surface area contributed by atoms with Gasteiger partial charge in [0.1, 0.15) is 0 Å². The monoisotopic (exact) mass is 304 g/mol. The number of aromatic nitrogens is 2. The lowest BCUT2D eigenvalue weighted by molar-refractivity contribution is -0.121. The van der Waals surface area contributed by atoms with Crippen LogP contribution in [0.4, 0.5) is 0 Å². The van der Waals surface area contributed by atoms with E-state index in [4.69, 9.17) is 4.52 Å². The highest BCUT2D eigenvalue weighted by Gasteiger charge is 2.20. The third-order valence-corrected chi connectivity index (χ3v) is 2.63. The summed E-state index contributed by atoms with van der Waals surface area (Å²) in [6.07, 6.45) is 1.84. The molecule has 0 saturated carbocycles. The van der Waals surface area contributed by atoms with E-state index in [0.29, 0.717) is 31.1 Å². The molecule has 0 fully saturated rings. The average molecular weight is 305 g/mol. The van der Waals surface area contributed by atoms with Crippen LogP contribution in [-0.4, -0.2) is 36.2 Å². The van der Waals surface area contributed by atoms with Gasteiger partial charge in [0.2, 0.25) is 11.8 Å². The first-order chi connectivity index (χ1) is 8.93. The zero-order chi connectivity index (χ0) is 14.3. The van der Waals surface area contributed by atoms with Crippen LogP contribution in [-0.2, 0) is 16.6 Å². The highest BCUT2D eigenvalue weighted by Crippen LogP contribution is 2.18. The second-order valence-electron chi connectivity index (χ2n) is 5.57. The summed E-state index contributed by atoms with van der Waals surface area (Å²) in [5.41, 5.74) is -0.105. The Bertz CT molecular complexity index is 401. The van der Waals surface area contributed by atoms with Gasteiger partial charge in [-0.25, -0.2) is 0 Å². The summed E-state index contributed by atoms with van der Waals surface area (Å²) in [6.45, 7) is 7.55. The first-order valence-electron chi connectivity index (χ1n) is 6.68. The van der Waals surface area contributed by atoms with Crippen LogP contribution in [0.2, 0.25) is 0 Å². The Balaban J connectivity index is 0.00000361. The molecule has 1 amide bonds. The molecule has 1 heterocycles. The Kier molecular flexibility index (Phi) is 8.41. The van der Waals surface area contributed by atoms with Crippen molar-refractivity contribution in [2.24, 2.45) is 0 Å². The van der Waals surface area contributed by atoms with Gasteiger partial charge in [-0.15, -0.1) is 12.4 Å². The van der Waals surface area contributed by atoms with Gasteiger partial charge in [0.15, 0.2) is 5.82 Å². The lowest BCUT2D eigenvalue weighted by Gasteiger charge is -2.10. The standard InChI is InChI=1S/C13H24N4O2.ClH/c1-13(2,3)12-16-11(19-17-12)7-5-6-10(18)15-9-8-14-4;/h14H,5-9H2,1-4H3,(H,15,18);1H. The average Bonchev–Trinajstić information content (AvgIpc) is 2.78. The smallest absolute Gasteiger partial charge is 0.226 e. The Hall–Kier alpha value is -1.14. The second kappa shape index (κ2) is 8.92. The van der Waals surface area contributed by atoms with E-state index >= 15 is 0 Å². The topological polar surface area (TPSA) is 80.0 Å². The molecular formula is C13H25ClN4O2. The molecule has 1 rings (SSSR count). The molecule has 0 aliphatic heterocycles. The number of hydrogen-bond donors (Lipinski definition) is 2. The number of aryl methyl sites for hydroxylation is 1. The van der Waals surface area contributed by atoms with E-state index in [-0.39, 0.29) is 23.7 Å². The van der Waals surface area contributed by atoms with E-state index in [1.807, 2.05) is 27.8 Å². The first kappa shape index (κ1) is 18.9. The van der Waals surface area contributed by atoms with E-state index in [2.05, 4.69) is 20.8 Å². The zero-order valence-electron chi connectivity index (χ0n) is 12.7. The fourth-order valence-electron chi connectivity index (χ4n) is 1.48. The van der Waals surface area contributed by atoms with Crippen molar-refractivity contribution in [3.63, 3.8) is 0 Å². The van der Waals surface area contributed by atoms with Crippen LogP contribution in [0.5, 0.6) is 0 Å². The molecule has 0 aliphatic carbocycles. The summed E-state index contributed by atoms with van der Waals surface area (Å²) in [4.78, 5) is 15.8. The van der Waals surface area contributed by atoms with Crippen molar-refractivity contribution in [2.75, 3.05) is 20.1 Å². The van der Waals surface area contributed by atoms with Crippen molar-refractivity contribution in [1.82, 2.24) is 20.8 Å². The van der Waals surface area contributed by atoms with Crippen molar-refractivity contribution in [3.05, 3.63) is 11.7 Å². The Morgan fingerprint density at radius 2 is 2.00 bits per heavy atom. The van der Waals surface area contributed by atoms with Crippen molar-refractivity contribution in [3.8, 4) is 0 Å². The SMILES string of the molecule is CNCCNC(=O)CCCc1nc(C(C)(C)C)no1.Cl. The minimum Gasteiger partial charge on any atom is -0.355 e. The molecule has 0 bridgehead atoms. The van der Waals surface area contributed by atoms with Crippen LogP contribution < -0.4 is 10.6 Å². The first-order valence-corrected chi connectivity index (χ1v) is 6.68. The molecular weight excluding hydrogens is 280 g/mol. The molecule has 7 heteroatoms. The third-order valence-electron chi connectivity index (χ3n) is 2.63. The number of rotatable bonds is 7. The van der Waals surface area contributed by atoms with Gasteiger partial charge in [-0.3, -0.25) is 4.79 Å². The second-order valence-corrected chi connectivity index (χ2v) is 5.57. The number of likely N-dealkylation sites (N-methyl/N-ethyl adjacent to an activating group) is 1. The highest BCUT2D eigenvalue weighted by atomic mass is 35.5. The van der Waals surface area contributed by atoms with Gasteiger partial charge in [0.25, 0.3) is 0 Å². The molecule has 0 unspecified atom stereocenters. The predicted molar refractivity (Wildman–Crippen MR) is 80.1 cm³/mol. The van der Waals surface area contributed by atoms with Crippen molar-refractivity contribution < 1.29 is 9.32 Å². The van der Waals surface area contributed by atoms with E-state index in [1.54, 1.807) is 0 Å². The van der Waals surface area contributed by atoms with Gasteiger partial charge < -0.3 is 15.2 Å². The molecule has 1 aromatic heterocycles. The maximum Gasteiger partial charge on any atom is 0.226 e.